The normalized spacial score (nSPS) is 38.3. The summed E-state index contributed by atoms with van der Waals surface area (Å²) in [5.74, 6) is 2.69. The highest BCUT2D eigenvalue weighted by atomic mass is 15.0. The van der Waals surface area contributed by atoms with Gasteiger partial charge in [0, 0.05) is 6.04 Å². The van der Waals surface area contributed by atoms with Crippen molar-refractivity contribution in [1.29, 1.82) is 0 Å². The Balaban J connectivity index is 1.66. The Morgan fingerprint density at radius 1 is 1.38 bits per heavy atom. The summed E-state index contributed by atoms with van der Waals surface area (Å²) in [6.45, 7) is 8.19. The first-order valence-electron chi connectivity index (χ1n) is 7.09. The minimum atomic E-state index is 0.797. The van der Waals surface area contributed by atoms with Crippen molar-refractivity contribution in [2.45, 2.75) is 58.9 Å². The molecule has 1 saturated carbocycles. The van der Waals surface area contributed by atoms with E-state index in [-0.39, 0.29) is 0 Å². The highest BCUT2D eigenvalue weighted by Crippen LogP contribution is 2.35. The van der Waals surface area contributed by atoms with Crippen LogP contribution in [-0.4, -0.2) is 12.6 Å². The molecule has 2 rings (SSSR count). The van der Waals surface area contributed by atoms with Gasteiger partial charge in [0.05, 0.1) is 0 Å². The summed E-state index contributed by atoms with van der Waals surface area (Å²) in [5, 5.41) is 3.78. The van der Waals surface area contributed by atoms with Gasteiger partial charge in [-0.25, -0.2) is 0 Å². The van der Waals surface area contributed by atoms with E-state index in [0.717, 1.165) is 23.8 Å². The second-order valence-electron chi connectivity index (χ2n) is 6.10. The highest BCUT2D eigenvalue weighted by Gasteiger charge is 2.35. The molecule has 0 heterocycles. The van der Waals surface area contributed by atoms with Crippen LogP contribution in [0.5, 0.6) is 0 Å². The second-order valence-corrected chi connectivity index (χ2v) is 6.10. The van der Waals surface area contributed by atoms with E-state index in [1.54, 1.807) is 5.57 Å². The van der Waals surface area contributed by atoms with Crippen LogP contribution in [-0.2, 0) is 0 Å². The quantitative estimate of drug-likeness (QED) is 0.697. The SMILES string of the molecule is CCCC1CC1NCC1CC(C)=CC(C)C1. The average Bonchev–Trinajstić information content (AvgIpc) is 2.93. The zero-order valence-electron chi connectivity index (χ0n) is 11.1. The Labute approximate surface area is 101 Å². The predicted molar refractivity (Wildman–Crippen MR) is 70.5 cm³/mol. The number of rotatable bonds is 5. The van der Waals surface area contributed by atoms with E-state index in [1.807, 2.05) is 0 Å². The van der Waals surface area contributed by atoms with Gasteiger partial charge in [0.1, 0.15) is 0 Å². The molecule has 92 valence electrons. The van der Waals surface area contributed by atoms with Crippen molar-refractivity contribution in [3.8, 4) is 0 Å². The Hall–Kier alpha value is -0.300. The van der Waals surface area contributed by atoms with Crippen molar-refractivity contribution in [3.63, 3.8) is 0 Å². The summed E-state index contributed by atoms with van der Waals surface area (Å²) in [7, 11) is 0. The standard InChI is InChI=1S/C15H27N/c1-4-5-14-9-15(14)16-10-13-7-11(2)6-12(3)8-13/h6,11,13-16H,4-5,7-10H2,1-3H3. The highest BCUT2D eigenvalue weighted by molar-refractivity contribution is 5.06. The van der Waals surface area contributed by atoms with Crippen molar-refractivity contribution in [1.82, 2.24) is 5.32 Å². The molecule has 0 aromatic heterocycles. The van der Waals surface area contributed by atoms with Crippen molar-refractivity contribution in [2.24, 2.45) is 17.8 Å². The fourth-order valence-electron chi connectivity index (χ4n) is 3.35. The summed E-state index contributed by atoms with van der Waals surface area (Å²) < 4.78 is 0. The molecule has 16 heavy (non-hydrogen) atoms. The Bertz CT molecular complexity index is 256. The maximum Gasteiger partial charge on any atom is 0.00992 e. The lowest BCUT2D eigenvalue weighted by Gasteiger charge is -2.25. The van der Waals surface area contributed by atoms with Crippen molar-refractivity contribution >= 4 is 0 Å². The second kappa shape index (κ2) is 5.35. The summed E-state index contributed by atoms with van der Waals surface area (Å²) >= 11 is 0. The van der Waals surface area contributed by atoms with Crippen LogP contribution in [0, 0.1) is 17.8 Å². The first kappa shape index (κ1) is 12.2. The van der Waals surface area contributed by atoms with Gasteiger partial charge < -0.3 is 5.32 Å². The molecule has 1 fully saturated rings. The Morgan fingerprint density at radius 3 is 2.88 bits per heavy atom. The van der Waals surface area contributed by atoms with Crippen LogP contribution in [0.3, 0.4) is 0 Å². The molecule has 0 aromatic carbocycles. The minimum Gasteiger partial charge on any atom is -0.313 e. The van der Waals surface area contributed by atoms with E-state index in [1.165, 1.54) is 38.6 Å². The molecule has 1 N–H and O–H groups in total. The van der Waals surface area contributed by atoms with Crippen molar-refractivity contribution in [3.05, 3.63) is 11.6 Å². The Kier molecular flexibility index (Phi) is 4.07. The summed E-state index contributed by atoms with van der Waals surface area (Å²) in [6.07, 6.45) is 9.37. The molecule has 0 saturated heterocycles. The maximum atomic E-state index is 3.78. The fraction of sp³-hybridized carbons (Fsp3) is 0.867. The third kappa shape index (κ3) is 3.35. The van der Waals surface area contributed by atoms with Crippen LogP contribution in [0.4, 0.5) is 0 Å². The monoisotopic (exact) mass is 221 g/mol. The molecule has 1 heteroatoms. The summed E-state index contributed by atoms with van der Waals surface area (Å²) in [5.41, 5.74) is 1.60. The minimum absolute atomic E-state index is 0.797. The van der Waals surface area contributed by atoms with E-state index in [4.69, 9.17) is 0 Å². The molecule has 4 unspecified atom stereocenters. The van der Waals surface area contributed by atoms with Gasteiger partial charge in [-0.05, 0) is 56.9 Å². The van der Waals surface area contributed by atoms with Crippen LogP contribution < -0.4 is 5.32 Å². The zero-order chi connectivity index (χ0) is 11.5. The van der Waals surface area contributed by atoms with Gasteiger partial charge in [-0.15, -0.1) is 0 Å². The third-order valence-corrected chi connectivity index (χ3v) is 4.14. The molecule has 4 atom stereocenters. The van der Waals surface area contributed by atoms with Gasteiger partial charge in [-0.1, -0.05) is 31.9 Å². The number of hydrogen-bond acceptors (Lipinski definition) is 1. The lowest BCUT2D eigenvalue weighted by molar-refractivity contribution is 0.376. The van der Waals surface area contributed by atoms with Crippen LogP contribution >= 0.6 is 0 Å². The molecule has 0 aromatic rings. The molecular formula is C15H27N. The van der Waals surface area contributed by atoms with Crippen LogP contribution in [0.2, 0.25) is 0 Å². The first-order chi connectivity index (χ1) is 7.69. The van der Waals surface area contributed by atoms with Gasteiger partial charge in [0.15, 0.2) is 0 Å². The molecule has 0 bridgehead atoms. The number of allylic oxidation sites excluding steroid dienone is 2. The lowest BCUT2D eigenvalue weighted by atomic mass is 9.84. The predicted octanol–water partition coefficient (Wildman–Crippen LogP) is 3.76. The molecule has 0 aliphatic heterocycles. The Morgan fingerprint density at radius 2 is 2.19 bits per heavy atom. The molecule has 0 spiro atoms. The van der Waals surface area contributed by atoms with Crippen LogP contribution in [0.15, 0.2) is 11.6 Å². The molecule has 2 aliphatic rings. The van der Waals surface area contributed by atoms with Gasteiger partial charge >= 0.3 is 0 Å². The molecule has 2 aliphatic carbocycles. The van der Waals surface area contributed by atoms with E-state index < -0.39 is 0 Å². The third-order valence-electron chi connectivity index (χ3n) is 4.14. The lowest BCUT2D eigenvalue weighted by Crippen LogP contribution is -2.28. The number of hydrogen-bond donors (Lipinski definition) is 1. The maximum absolute atomic E-state index is 3.78. The van der Waals surface area contributed by atoms with Crippen LogP contribution in [0.25, 0.3) is 0 Å². The summed E-state index contributed by atoms with van der Waals surface area (Å²) in [6, 6.07) is 0.862. The largest absolute Gasteiger partial charge is 0.313 e. The summed E-state index contributed by atoms with van der Waals surface area (Å²) in [4.78, 5) is 0. The molecule has 0 radical (unpaired) electrons. The van der Waals surface area contributed by atoms with Gasteiger partial charge in [-0.3, -0.25) is 0 Å². The topological polar surface area (TPSA) is 12.0 Å². The van der Waals surface area contributed by atoms with Crippen LogP contribution in [0.1, 0.15) is 52.9 Å². The molecular weight excluding hydrogens is 194 g/mol. The van der Waals surface area contributed by atoms with Gasteiger partial charge in [0.25, 0.3) is 0 Å². The molecule has 1 nitrogen and oxygen atoms in total. The first-order valence-corrected chi connectivity index (χ1v) is 7.09. The van der Waals surface area contributed by atoms with E-state index in [9.17, 15) is 0 Å². The average molecular weight is 221 g/mol. The van der Waals surface area contributed by atoms with E-state index in [0.29, 0.717) is 0 Å². The van der Waals surface area contributed by atoms with Crippen molar-refractivity contribution < 1.29 is 0 Å². The smallest absolute Gasteiger partial charge is 0.00992 e. The zero-order valence-corrected chi connectivity index (χ0v) is 11.1. The van der Waals surface area contributed by atoms with Gasteiger partial charge in [-0.2, -0.15) is 0 Å². The van der Waals surface area contributed by atoms with Gasteiger partial charge in [0.2, 0.25) is 0 Å². The van der Waals surface area contributed by atoms with E-state index in [2.05, 4.69) is 32.2 Å². The van der Waals surface area contributed by atoms with E-state index >= 15 is 0 Å². The fourth-order valence-corrected chi connectivity index (χ4v) is 3.35. The molecule has 0 amide bonds. The van der Waals surface area contributed by atoms with Crippen molar-refractivity contribution in [2.75, 3.05) is 6.54 Å². The number of nitrogens with one attached hydrogen (secondary N) is 1.